The number of benzene rings is 1. The van der Waals surface area contributed by atoms with Gasteiger partial charge in [-0.2, -0.15) is 0 Å². The highest BCUT2D eigenvalue weighted by molar-refractivity contribution is 5.50. The van der Waals surface area contributed by atoms with Crippen LogP contribution in [0.4, 0.5) is 5.69 Å². The van der Waals surface area contributed by atoms with Crippen molar-refractivity contribution < 1.29 is 9.47 Å². The van der Waals surface area contributed by atoms with Gasteiger partial charge in [0, 0.05) is 38.5 Å². The van der Waals surface area contributed by atoms with E-state index in [1.807, 2.05) is 6.07 Å². The molecule has 1 aliphatic heterocycles. The van der Waals surface area contributed by atoms with E-state index in [9.17, 15) is 0 Å². The van der Waals surface area contributed by atoms with Gasteiger partial charge in [0.25, 0.3) is 0 Å². The minimum Gasteiger partial charge on any atom is -0.491 e. The zero-order valence-electron chi connectivity index (χ0n) is 11.0. The molecule has 1 aliphatic rings. The molecule has 1 fully saturated rings. The van der Waals surface area contributed by atoms with Crippen molar-refractivity contribution in [3.8, 4) is 5.75 Å². The quantitative estimate of drug-likeness (QED) is 0.803. The van der Waals surface area contributed by atoms with Crippen molar-refractivity contribution in [2.75, 3.05) is 51.4 Å². The number of methoxy groups -OCH3 is 1. The van der Waals surface area contributed by atoms with E-state index in [2.05, 4.69) is 28.4 Å². The first-order valence-electron chi connectivity index (χ1n) is 6.57. The first-order chi connectivity index (χ1) is 8.90. The Bertz CT molecular complexity index is 349. The summed E-state index contributed by atoms with van der Waals surface area (Å²) in [5.41, 5.74) is 1.24. The minimum absolute atomic E-state index is 0.599. The number of ether oxygens (including phenoxy) is 2. The molecule has 100 valence electrons. The Balaban J connectivity index is 1.96. The molecule has 0 saturated carbocycles. The molecule has 0 bridgehead atoms. The van der Waals surface area contributed by atoms with Crippen LogP contribution < -0.4 is 15.0 Å². The largest absolute Gasteiger partial charge is 0.491 e. The average molecular weight is 250 g/mol. The molecular formula is C14H22N2O2. The molecule has 0 unspecified atom stereocenters. The van der Waals surface area contributed by atoms with Crippen LogP contribution in [0.3, 0.4) is 0 Å². The predicted octanol–water partition coefficient (Wildman–Crippen LogP) is 1.51. The number of nitrogens with one attached hydrogen (secondary N) is 1. The summed E-state index contributed by atoms with van der Waals surface area (Å²) in [5.74, 6) is 0.918. The second-order valence-corrected chi connectivity index (χ2v) is 4.43. The summed E-state index contributed by atoms with van der Waals surface area (Å²) in [6, 6.07) is 8.31. The van der Waals surface area contributed by atoms with Crippen molar-refractivity contribution in [2.24, 2.45) is 0 Å². The Labute approximate surface area is 109 Å². The Morgan fingerprint density at radius 1 is 1.22 bits per heavy atom. The fourth-order valence-corrected chi connectivity index (χ4v) is 2.12. The van der Waals surface area contributed by atoms with E-state index >= 15 is 0 Å². The summed E-state index contributed by atoms with van der Waals surface area (Å²) in [5, 5.41) is 3.41. The van der Waals surface area contributed by atoms with E-state index in [0.717, 1.165) is 31.9 Å². The molecule has 0 spiro atoms. The maximum atomic E-state index is 5.64. The fraction of sp³-hybridized carbons (Fsp3) is 0.571. The molecule has 4 heteroatoms. The smallest absolute Gasteiger partial charge is 0.121 e. The molecule has 0 atom stereocenters. The van der Waals surface area contributed by atoms with Crippen molar-refractivity contribution in [3.63, 3.8) is 0 Å². The lowest BCUT2D eigenvalue weighted by Crippen LogP contribution is -2.27. The number of nitrogens with zero attached hydrogens (tertiary/aromatic N) is 1. The summed E-state index contributed by atoms with van der Waals surface area (Å²) in [4.78, 5) is 2.41. The van der Waals surface area contributed by atoms with Gasteiger partial charge in [-0.3, -0.25) is 0 Å². The molecule has 1 heterocycles. The molecule has 18 heavy (non-hydrogen) atoms. The lowest BCUT2D eigenvalue weighted by Gasteiger charge is -2.22. The molecule has 1 N–H and O–H groups in total. The van der Waals surface area contributed by atoms with Crippen LogP contribution in [0.25, 0.3) is 0 Å². The highest BCUT2D eigenvalue weighted by Gasteiger charge is 2.09. The van der Waals surface area contributed by atoms with Crippen molar-refractivity contribution in [1.29, 1.82) is 0 Å². The van der Waals surface area contributed by atoms with Gasteiger partial charge in [-0.25, -0.2) is 0 Å². The Morgan fingerprint density at radius 2 is 2.17 bits per heavy atom. The molecule has 1 aromatic rings. The molecule has 1 aromatic carbocycles. The van der Waals surface area contributed by atoms with Crippen molar-refractivity contribution in [3.05, 3.63) is 24.3 Å². The monoisotopic (exact) mass is 250 g/mol. The molecular weight excluding hydrogens is 228 g/mol. The van der Waals surface area contributed by atoms with E-state index in [-0.39, 0.29) is 0 Å². The van der Waals surface area contributed by atoms with E-state index in [4.69, 9.17) is 9.47 Å². The number of anilines is 1. The van der Waals surface area contributed by atoms with Gasteiger partial charge >= 0.3 is 0 Å². The van der Waals surface area contributed by atoms with Gasteiger partial charge in [0.1, 0.15) is 12.4 Å². The first kappa shape index (κ1) is 13.2. The standard InChI is InChI=1S/C14H22N2O2/c1-17-10-11-18-14-5-2-4-13(12-14)16-8-3-6-15-7-9-16/h2,4-5,12,15H,3,6-11H2,1H3. The maximum Gasteiger partial charge on any atom is 0.121 e. The second kappa shape index (κ2) is 7.24. The molecule has 0 aliphatic carbocycles. The van der Waals surface area contributed by atoms with Gasteiger partial charge < -0.3 is 19.7 Å². The lowest BCUT2D eigenvalue weighted by atomic mass is 10.2. The van der Waals surface area contributed by atoms with Gasteiger partial charge in [0.2, 0.25) is 0 Å². The number of hydrogen-bond acceptors (Lipinski definition) is 4. The summed E-state index contributed by atoms with van der Waals surface area (Å²) in [7, 11) is 1.68. The van der Waals surface area contributed by atoms with E-state index < -0.39 is 0 Å². The van der Waals surface area contributed by atoms with Crippen LogP contribution in [0.15, 0.2) is 24.3 Å². The maximum absolute atomic E-state index is 5.64. The highest BCUT2D eigenvalue weighted by atomic mass is 16.5. The van der Waals surface area contributed by atoms with Gasteiger partial charge in [-0.1, -0.05) is 6.07 Å². The zero-order valence-corrected chi connectivity index (χ0v) is 11.0. The van der Waals surface area contributed by atoms with E-state index in [1.165, 1.54) is 12.1 Å². The van der Waals surface area contributed by atoms with Crippen LogP contribution >= 0.6 is 0 Å². The van der Waals surface area contributed by atoms with Gasteiger partial charge in [-0.15, -0.1) is 0 Å². The minimum atomic E-state index is 0.599. The van der Waals surface area contributed by atoms with Crippen LogP contribution in [0.2, 0.25) is 0 Å². The highest BCUT2D eigenvalue weighted by Crippen LogP contribution is 2.21. The predicted molar refractivity (Wildman–Crippen MR) is 73.5 cm³/mol. The van der Waals surface area contributed by atoms with Crippen molar-refractivity contribution >= 4 is 5.69 Å². The summed E-state index contributed by atoms with van der Waals surface area (Å²) in [6.45, 7) is 5.55. The lowest BCUT2D eigenvalue weighted by molar-refractivity contribution is 0.146. The summed E-state index contributed by atoms with van der Waals surface area (Å²) < 4.78 is 10.6. The molecule has 4 nitrogen and oxygen atoms in total. The Kier molecular flexibility index (Phi) is 5.30. The average Bonchev–Trinajstić information content (AvgIpc) is 2.68. The van der Waals surface area contributed by atoms with Crippen LogP contribution in [0, 0.1) is 0 Å². The normalized spacial score (nSPS) is 16.4. The third kappa shape index (κ3) is 3.89. The molecule has 0 amide bonds. The fourth-order valence-electron chi connectivity index (χ4n) is 2.12. The summed E-state index contributed by atoms with van der Waals surface area (Å²) in [6.07, 6.45) is 1.19. The molecule has 1 saturated heterocycles. The topological polar surface area (TPSA) is 33.7 Å². The number of rotatable bonds is 5. The van der Waals surface area contributed by atoms with Gasteiger partial charge in [0.15, 0.2) is 0 Å². The van der Waals surface area contributed by atoms with Crippen LogP contribution in [-0.4, -0.2) is 46.5 Å². The van der Waals surface area contributed by atoms with Crippen LogP contribution in [0.5, 0.6) is 5.75 Å². The second-order valence-electron chi connectivity index (χ2n) is 4.43. The molecule has 2 rings (SSSR count). The third-order valence-electron chi connectivity index (χ3n) is 3.08. The van der Waals surface area contributed by atoms with Gasteiger partial charge in [0.05, 0.1) is 6.61 Å². The van der Waals surface area contributed by atoms with E-state index in [0.29, 0.717) is 13.2 Å². The van der Waals surface area contributed by atoms with Crippen LogP contribution in [0.1, 0.15) is 6.42 Å². The zero-order chi connectivity index (χ0) is 12.6. The number of hydrogen-bond donors (Lipinski definition) is 1. The van der Waals surface area contributed by atoms with Gasteiger partial charge in [-0.05, 0) is 25.1 Å². The third-order valence-corrected chi connectivity index (χ3v) is 3.08. The molecule has 0 aromatic heterocycles. The Morgan fingerprint density at radius 3 is 3.06 bits per heavy atom. The van der Waals surface area contributed by atoms with Crippen molar-refractivity contribution in [2.45, 2.75) is 6.42 Å². The van der Waals surface area contributed by atoms with Crippen LogP contribution in [-0.2, 0) is 4.74 Å². The summed E-state index contributed by atoms with van der Waals surface area (Å²) >= 11 is 0. The SMILES string of the molecule is COCCOc1cccc(N2CCCNCC2)c1. The van der Waals surface area contributed by atoms with E-state index in [1.54, 1.807) is 7.11 Å². The van der Waals surface area contributed by atoms with Crippen molar-refractivity contribution in [1.82, 2.24) is 5.32 Å². The molecule has 0 radical (unpaired) electrons. The first-order valence-corrected chi connectivity index (χ1v) is 6.57. The Hall–Kier alpha value is -1.26.